The number of piperidine rings is 2. The first-order valence-corrected chi connectivity index (χ1v) is 37.4. The number of hydrogen-bond acceptors (Lipinski definition) is 22. The van der Waals surface area contributed by atoms with Crippen LogP contribution in [0.1, 0.15) is 18.6 Å². The summed E-state index contributed by atoms with van der Waals surface area (Å²) in [6.07, 6.45) is 0. The molecule has 0 radical (unpaired) electrons. The monoisotopic (exact) mass is 1580 g/mol. The number of carboxylic acids is 2. The van der Waals surface area contributed by atoms with E-state index in [-0.39, 0.29) is 66.6 Å². The number of carbonyl (C=O) groups is 12. The van der Waals surface area contributed by atoms with Crippen molar-refractivity contribution in [1.29, 1.82) is 0 Å². The van der Waals surface area contributed by atoms with Crippen molar-refractivity contribution in [2.75, 3.05) is 35.8 Å². The number of likely N-dealkylation sites (tertiary alicyclic amines) is 1. The summed E-state index contributed by atoms with van der Waals surface area (Å²) in [5.41, 5.74) is 15.9. The molecule has 14 atom stereocenters. The fourth-order valence-corrected chi connectivity index (χ4v) is 16.9. The number of fused-ring (bicyclic) bond motifs is 4. The van der Waals surface area contributed by atoms with Gasteiger partial charge in [0.1, 0.15) is 69.0 Å². The molecule has 0 bridgehead atoms. The predicted octanol–water partition coefficient (Wildman–Crippen LogP) is 12.3. The Labute approximate surface area is 668 Å². The number of ether oxygens (including phenoxy) is 8. The van der Waals surface area contributed by atoms with Crippen molar-refractivity contribution in [3.05, 3.63) is 230 Å². The number of carboxylic acid groups (broad SMARTS) is 2. The second-order valence-corrected chi connectivity index (χ2v) is 30.1. The first-order valence-electron chi connectivity index (χ1n) is 37.4. The Bertz CT molecular complexity index is 5300. The Morgan fingerprint density at radius 3 is 0.932 bits per heavy atom. The van der Waals surface area contributed by atoms with Gasteiger partial charge in [0.2, 0.25) is 35.4 Å². The van der Waals surface area contributed by atoms with Gasteiger partial charge in [0.25, 0.3) is 0 Å². The highest BCUT2D eigenvalue weighted by molar-refractivity contribution is 6.25. The van der Waals surface area contributed by atoms with Gasteiger partial charge in [-0.05, 0) is 207 Å². The van der Waals surface area contributed by atoms with Gasteiger partial charge >= 0.3 is 35.8 Å². The number of cyclic esters (lactones) is 4. The molecule has 9 aromatic rings. The fraction of sp³-hybridized carbons (Fsp3) is 0.258. The summed E-state index contributed by atoms with van der Waals surface area (Å²) in [5, 5.41) is 24.2. The summed E-state index contributed by atoms with van der Waals surface area (Å²) in [6, 6.07) is 65.2. The number of nitrogens with zero attached hydrogens (tertiary/aromatic N) is 2. The second-order valence-electron chi connectivity index (χ2n) is 30.1. The van der Waals surface area contributed by atoms with Crippen molar-refractivity contribution < 1.29 is 106 Å². The lowest BCUT2D eigenvalue weighted by Gasteiger charge is -2.20. The summed E-state index contributed by atoms with van der Waals surface area (Å²) < 4.78 is 44.1. The van der Waals surface area contributed by atoms with Crippen molar-refractivity contribution in [3.63, 3.8) is 0 Å². The standard InChI is InChI=1S/C30H28N2O8.C30H24N2O6.C18H16N2O2.C10H6O6.CH4/c1-15-6-10-17(11-7-15)39-19-4-3-5-20(14-19)40-18-12-8-16(9-13-18)32-28(34)24-22(26(24)30(37)38)21-23(27(33)31-2)25(21)29(35)36;1-15-6-10-17(11-7-15)37-19-4-3-5-20(14-19)38-18-12-8-16(9-13-18)32-29(35)25-22(26(25)30(32)36)21-23-24(21)28(34)31(2)27(23)33;19-13-4-8-15(9-5-13)21-17-2-1-3-18(12-17)22-16-10-6-14(20)7-11-16;11-7-3-1(4(3)8(12)15-7)2-5-6(2)10(14)16-9(5)13;/h3-14,21-26H,1-2H3,(H,31,33)(H,32,34)(H,35,36)(H,37,38);3-14,21-26H,1-2H3;1-12H,19-20H2;1-6H;1H4. The summed E-state index contributed by atoms with van der Waals surface area (Å²) in [6.45, 7) is 4.01. The van der Waals surface area contributed by atoms with Gasteiger partial charge in [0, 0.05) is 49.4 Å². The lowest BCUT2D eigenvalue weighted by molar-refractivity contribution is -0.160. The van der Waals surface area contributed by atoms with Crippen molar-refractivity contribution in [2.24, 2.45) is 107 Å². The molecule has 28 nitrogen and oxygen atoms in total. The highest BCUT2D eigenvalue weighted by Crippen LogP contribution is 2.71. The zero-order valence-electron chi connectivity index (χ0n) is 62.3. The van der Waals surface area contributed by atoms with Gasteiger partial charge in [-0.25, -0.2) is 0 Å². The molecule has 6 amide bonds. The van der Waals surface area contributed by atoms with Gasteiger partial charge in [-0.3, -0.25) is 67.3 Å². The minimum absolute atomic E-state index is 0. The normalized spacial score (nSPS) is 26.7. The maximum atomic E-state index is 13.1. The van der Waals surface area contributed by atoms with Crippen LogP contribution < -0.4 is 55.4 Å². The predicted molar refractivity (Wildman–Crippen MR) is 417 cm³/mol. The van der Waals surface area contributed by atoms with E-state index in [1.165, 1.54) is 19.0 Å². The van der Waals surface area contributed by atoms with Gasteiger partial charge in [-0.1, -0.05) is 61.0 Å². The van der Waals surface area contributed by atoms with E-state index in [0.717, 1.165) is 33.3 Å². The highest BCUT2D eigenvalue weighted by atomic mass is 16.6. The van der Waals surface area contributed by atoms with E-state index in [2.05, 4.69) is 20.1 Å². The molecule has 19 rings (SSSR count). The number of imide groups is 2. The topological polar surface area (TPSA) is 402 Å². The van der Waals surface area contributed by atoms with E-state index in [9.17, 15) is 67.7 Å². The number of benzene rings is 9. The van der Waals surface area contributed by atoms with Crippen LogP contribution in [0.25, 0.3) is 0 Å². The van der Waals surface area contributed by atoms with Gasteiger partial charge < -0.3 is 70.2 Å². The number of hydrogen-bond donors (Lipinski definition) is 6. The van der Waals surface area contributed by atoms with Gasteiger partial charge in [0.15, 0.2) is 0 Å². The zero-order valence-corrected chi connectivity index (χ0v) is 62.3. The van der Waals surface area contributed by atoms with Crippen LogP contribution >= 0.6 is 0 Å². The number of nitrogen functional groups attached to an aromatic ring is 2. The van der Waals surface area contributed by atoms with Gasteiger partial charge in [0.05, 0.1) is 76.7 Å². The molecule has 0 spiro atoms. The Morgan fingerprint density at radius 2 is 0.624 bits per heavy atom. The van der Waals surface area contributed by atoms with Crippen LogP contribution in [-0.2, 0) is 67.0 Å². The third kappa shape index (κ3) is 15.7. The molecule has 9 aromatic carbocycles. The first-order chi connectivity index (χ1) is 55.8. The lowest BCUT2D eigenvalue weighted by Crippen LogP contribution is -2.36. The minimum Gasteiger partial charge on any atom is -0.481 e. The maximum absolute atomic E-state index is 13.1. The molecule has 14 unspecified atom stereocenters. The minimum atomic E-state index is -1.19. The molecule has 0 aromatic heterocycles. The van der Waals surface area contributed by atoms with Crippen LogP contribution in [-0.4, -0.2) is 100 Å². The zero-order chi connectivity index (χ0) is 81.4. The average Bonchev–Trinajstić information content (AvgIpc) is 1.50. The summed E-state index contributed by atoms with van der Waals surface area (Å²) in [5.74, 6) is -7.71. The molecule has 117 heavy (non-hydrogen) atoms. The number of amides is 6. The fourth-order valence-electron chi connectivity index (χ4n) is 16.9. The molecular formula is C89H78N6O22. The average molecular weight is 1580 g/mol. The quantitative estimate of drug-likeness (QED) is 0.0168. The first kappa shape index (κ1) is 78.1. The number of anilines is 4. The van der Waals surface area contributed by atoms with Crippen LogP contribution in [0, 0.1) is 120 Å². The van der Waals surface area contributed by atoms with Crippen molar-refractivity contribution >= 4 is 94.0 Å². The van der Waals surface area contributed by atoms with Crippen LogP contribution in [0.2, 0.25) is 0 Å². The third-order valence-electron chi connectivity index (χ3n) is 22.8. The molecule has 10 fully saturated rings. The summed E-state index contributed by atoms with van der Waals surface area (Å²) in [4.78, 5) is 146. The van der Waals surface area contributed by atoms with E-state index in [0.29, 0.717) is 74.5 Å². The molecule has 596 valence electrons. The van der Waals surface area contributed by atoms with Gasteiger partial charge in [-0.15, -0.1) is 0 Å². The van der Waals surface area contributed by atoms with Crippen molar-refractivity contribution in [3.8, 4) is 69.0 Å². The maximum Gasteiger partial charge on any atom is 0.317 e. The molecule has 10 aliphatic rings. The van der Waals surface area contributed by atoms with E-state index in [4.69, 9.17) is 39.9 Å². The molecule has 4 heterocycles. The van der Waals surface area contributed by atoms with E-state index in [1.54, 1.807) is 91.0 Å². The third-order valence-corrected chi connectivity index (χ3v) is 22.8. The summed E-state index contributed by atoms with van der Waals surface area (Å²) in [7, 11) is 2.88. The van der Waals surface area contributed by atoms with Crippen molar-refractivity contribution in [2.45, 2.75) is 21.3 Å². The molecular weight excluding hydrogens is 1500 g/mol. The smallest absolute Gasteiger partial charge is 0.317 e. The molecule has 8 N–H and O–H groups in total. The largest absolute Gasteiger partial charge is 0.481 e. The van der Waals surface area contributed by atoms with Crippen LogP contribution in [0.3, 0.4) is 0 Å². The Kier molecular flexibility index (Phi) is 20.9. The molecule has 4 saturated heterocycles. The number of nitrogens with two attached hydrogens (primary N) is 2. The SMILES string of the molecule is C.CNC(=O)C1C(C(=O)O)C1C1C(C(=O)O)C1C(=O)Nc1ccc(Oc2cccc(Oc3ccc(C)cc3)c2)cc1.Cc1ccc(Oc2cccc(Oc3ccc(N4C(=O)C5C(C4=O)C5C4C5C(=O)N(C)C(=O)C54)cc3)c2)cc1.Nc1ccc(Oc2cccc(Oc3ccc(N)cc3)c2)cc1.O=C1OC(=O)C2C1C2C1C2C(=O)OC(=O)C21. The van der Waals surface area contributed by atoms with Crippen LogP contribution in [0.15, 0.2) is 218 Å². The Hall–Kier alpha value is -14.2. The highest BCUT2D eigenvalue weighted by Gasteiger charge is 2.81. The Balaban J connectivity index is 0.000000128. The molecule has 4 aliphatic heterocycles. The number of esters is 4. The van der Waals surface area contributed by atoms with E-state index in [1.807, 2.05) is 141 Å². The second kappa shape index (κ2) is 31.3. The summed E-state index contributed by atoms with van der Waals surface area (Å²) >= 11 is 0. The molecule has 28 heteroatoms. The van der Waals surface area contributed by atoms with Crippen molar-refractivity contribution in [1.82, 2.24) is 10.2 Å². The van der Waals surface area contributed by atoms with Gasteiger partial charge in [-0.2, -0.15) is 0 Å². The number of aliphatic carboxylic acids is 2. The number of nitrogens with one attached hydrogen (secondary N) is 2. The molecule has 6 saturated carbocycles. The van der Waals surface area contributed by atoms with Crippen LogP contribution in [0.5, 0.6) is 69.0 Å². The van der Waals surface area contributed by atoms with Crippen LogP contribution in [0.4, 0.5) is 22.7 Å². The number of rotatable bonds is 21. The van der Waals surface area contributed by atoms with E-state index < -0.39 is 119 Å². The van der Waals surface area contributed by atoms with E-state index >= 15 is 0 Å². The number of aryl methyl sites for hydroxylation is 2. The number of carbonyl (C=O) groups excluding carboxylic acids is 10. The lowest BCUT2D eigenvalue weighted by atomic mass is 10.1. The molecule has 6 aliphatic carbocycles. The Morgan fingerprint density at radius 1 is 0.350 bits per heavy atom.